The van der Waals surface area contributed by atoms with Crippen LogP contribution >= 0.6 is 11.6 Å². The van der Waals surface area contributed by atoms with E-state index in [4.69, 9.17) is 17.3 Å². The monoisotopic (exact) mass is 283 g/mol. The molecule has 0 unspecified atom stereocenters. The molecule has 0 saturated carbocycles. The van der Waals surface area contributed by atoms with Gasteiger partial charge in [-0.3, -0.25) is 4.68 Å². The highest BCUT2D eigenvalue weighted by Gasteiger charge is 2.08. The molecule has 2 aromatic carbocycles. The van der Waals surface area contributed by atoms with Gasteiger partial charge in [0.25, 0.3) is 0 Å². The molecule has 0 saturated heterocycles. The van der Waals surface area contributed by atoms with Gasteiger partial charge in [0.15, 0.2) is 0 Å². The van der Waals surface area contributed by atoms with E-state index in [0.29, 0.717) is 17.3 Å². The summed E-state index contributed by atoms with van der Waals surface area (Å²) < 4.78 is 1.86. The lowest BCUT2D eigenvalue weighted by Gasteiger charge is -2.01. The van der Waals surface area contributed by atoms with Crippen molar-refractivity contribution in [3.05, 3.63) is 71.4 Å². The predicted octanol–water partition coefficient (Wildman–Crippen LogP) is 3.83. The van der Waals surface area contributed by atoms with E-state index in [0.717, 1.165) is 11.3 Å². The molecule has 4 heteroatoms. The summed E-state index contributed by atoms with van der Waals surface area (Å²) in [4.78, 5) is 0. The zero-order chi connectivity index (χ0) is 13.9. The molecule has 0 aliphatic rings. The highest BCUT2D eigenvalue weighted by Crippen LogP contribution is 2.25. The SMILES string of the molecule is Nc1cn(Cc2ccccc2)nc1-c1ccc(Cl)cc1. The van der Waals surface area contributed by atoms with Crippen LogP contribution in [-0.4, -0.2) is 9.78 Å². The molecule has 0 aliphatic heterocycles. The van der Waals surface area contributed by atoms with Crippen molar-refractivity contribution < 1.29 is 0 Å². The van der Waals surface area contributed by atoms with Gasteiger partial charge < -0.3 is 5.73 Å². The second-order valence-corrected chi connectivity index (χ2v) is 5.06. The molecular weight excluding hydrogens is 270 g/mol. The number of nitrogens with zero attached hydrogens (tertiary/aromatic N) is 2. The van der Waals surface area contributed by atoms with Crippen LogP contribution in [0.4, 0.5) is 5.69 Å². The lowest BCUT2D eigenvalue weighted by atomic mass is 10.1. The number of nitrogens with two attached hydrogens (primary N) is 1. The summed E-state index contributed by atoms with van der Waals surface area (Å²) in [5, 5.41) is 5.26. The first-order valence-corrected chi connectivity index (χ1v) is 6.73. The molecule has 0 amide bonds. The number of nitrogen functional groups attached to an aromatic ring is 1. The molecular formula is C16H14ClN3. The van der Waals surface area contributed by atoms with Gasteiger partial charge in [0.1, 0.15) is 5.69 Å². The summed E-state index contributed by atoms with van der Waals surface area (Å²) >= 11 is 5.89. The van der Waals surface area contributed by atoms with Gasteiger partial charge in [-0.15, -0.1) is 0 Å². The van der Waals surface area contributed by atoms with Crippen molar-refractivity contribution in [2.45, 2.75) is 6.54 Å². The third kappa shape index (κ3) is 2.68. The van der Waals surface area contributed by atoms with Gasteiger partial charge in [-0.05, 0) is 17.7 Å². The summed E-state index contributed by atoms with van der Waals surface area (Å²) in [7, 11) is 0. The number of anilines is 1. The van der Waals surface area contributed by atoms with Crippen LogP contribution in [0.2, 0.25) is 5.02 Å². The average molecular weight is 284 g/mol. The summed E-state index contributed by atoms with van der Waals surface area (Å²) in [6.07, 6.45) is 1.86. The zero-order valence-corrected chi connectivity index (χ0v) is 11.6. The van der Waals surface area contributed by atoms with Crippen molar-refractivity contribution in [2.24, 2.45) is 0 Å². The topological polar surface area (TPSA) is 43.8 Å². The second-order valence-electron chi connectivity index (χ2n) is 4.62. The van der Waals surface area contributed by atoms with Gasteiger partial charge in [-0.25, -0.2) is 0 Å². The Labute approximate surface area is 122 Å². The quantitative estimate of drug-likeness (QED) is 0.794. The fourth-order valence-electron chi connectivity index (χ4n) is 2.12. The van der Waals surface area contributed by atoms with Crippen molar-refractivity contribution in [2.75, 3.05) is 5.73 Å². The number of rotatable bonds is 3. The normalized spacial score (nSPS) is 10.7. The fourth-order valence-corrected chi connectivity index (χ4v) is 2.25. The van der Waals surface area contributed by atoms with Crippen LogP contribution in [0.1, 0.15) is 5.56 Å². The number of hydrogen-bond donors (Lipinski definition) is 1. The highest BCUT2D eigenvalue weighted by atomic mass is 35.5. The van der Waals surface area contributed by atoms with Gasteiger partial charge in [0, 0.05) is 16.8 Å². The number of aromatic nitrogens is 2. The van der Waals surface area contributed by atoms with Crippen LogP contribution in [0.25, 0.3) is 11.3 Å². The third-order valence-electron chi connectivity index (χ3n) is 3.10. The molecule has 2 N–H and O–H groups in total. The van der Waals surface area contributed by atoms with Crippen molar-refractivity contribution in [1.29, 1.82) is 0 Å². The van der Waals surface area contributed by atoms with E-state index in [2.05, 4.69) is 17.2 Å². The molecule has 0 bridgehead atoms. The van der Waals surface area contributed by atoms with E-state index in [1.165, 1.54) is 5.56 Å². The summed E-state index contributed by atoms with van der Waals surface area (Å²) in [5.74, 6) is 0. The maximum Gasteiger partial charge on any atom is 0.115 e. The van der Waals surface area contributed by atoms with E-state index < -0.39 is 0 Å². The van der Waals surface area contributed by atoms with Crippen LogP contribution in [0.15, 0.2) is 60.8 Å². The molecule has 100 valence electrons. The minimum Gasteiger partial charge on any atom is -0.396 e. The predicted molar refractivity (Wildman–Crippen MR) is 82.6 cm³/mol. The molecule has 0 atom stereocenters. The number of halogens is 1. The minimum absolute atomic E-state index is 0.670. The molecule has 3 aromatic rings. The smallest absolute Gasteiger partial charge is 0.115 e. The molecule has 0 spiro atoms. The standard InChI is InChI=1S/C16H14ClN3/c17-14-8-6-13(7-9-14)16-15(18)11-20(19-16)10-12-4-2-1-3-5-12/h1-9,11H,10,18H2. The molecule has 1 aromatic heterocycles. The number of hydrogen-bond acceptors (Lipinski definition) is 2. The first-order chi connectivity index (χ1) is 9.72. The Morgan fingerprint density at radius 3 is 2.40 bits per heavy atom. The first kappa shape index (κ1) is 12.8. The second kappa shape index (κ2) is 5.39. The maximum atomic E-state index is 6.05. The number of benzene rings is 2. The third-order valence-corrected chi connectivity index (χ3v) is 3.35. The molecule has 3 rings (SSSR count). The van der Waals surface area contributed by atoms with Gasteiger partial charge >= 0.3 is 0 Å². The summed E-state index contributed by atoms with van der Waals surface area (Å²) in [6, 6.07) is 17.7. The lowest BCUT2D eigenvalue weighted by Crippen LogP contribution is -1.99. The average Bonchev–Trinajstić information content (AvgIpc) is 2.81. The molecule has 1 heterocycles. The van der Waals surface area contributed by atoms with Gasteiger partial charge in [0.05, 0.1) is 12.2 Å². The Balaban J connectivity index is 1.89. The van der Waals surface area contributed by atoms with Crippen LogP contribution in [-0.2, 0) is 6.54 Å². The molecule has 20 heavy (non-hydrogen) atoms. The van der Waals surface area contributed by atoms with E-state index in [1.807, 2.05) is 53.3 Å². The van der Waals surface area contributed by atoms with Crippen LogP contribution < -0.4 is 5.73 Å². The fraction of sp³-hybridized carbons (Fsp3) is 0.0625. The van der Waals surface area contributed by atoms with E-state index in [-0.39, 0.29) is 0 Å². The van der Waals surface area contributed by atoms with E-state index in [9.17, 15) is 0 Å². The van der Waals surface area contributed by atoms with Gasteiger partial charge in [-0.1, -0.05) is 54.1 Å². The van der Waals surface area contributed by atoms with E-state index in [1.54, 1.807) is 0 Å². The Bertz CT molecular complexity index is 702. The van der Waals surface area contributed by atoms with Gasteiger partial charge in [-0.2, -0.15) is 5.10 Å². The lowest BCUT2D eigenvalue weighted by molar-refractivity contribution is 0.689. The molecule has 0 radical (unpaired) electrons. The van der Waals surface area contributed by atoms with Crippen LogP contribution in [0.5, 0.6) is 0 Å². The Morgan fingerprint density at radius 2 is 1.70 bits per heavy atom. The first-order valence-electron chi connectivity index (χ1n) is 6.35. The molecule has 0 fully saturated rings. The summed E-state index contributed by atoms with van der Waals surface area (Å²) in [6.45, 7) is 0.707. The Kier molecular flexibility index (Phi) is 3.44. The Hall–Kier alpha value is -2.26. The maximum absolute atomic E-state index is 6.05. The van der Waals surface area contributed by atoms with Crippen molar-refractivity contribution in [3.8, 4) is 11.3 Å². The zero-order valence-electron chi connectivity index (χ0n) is 10.8. The van der Waals surface area contributed by atoms with Crippen molar-refractivity contribution in [3.63, 3.8) is 0 Å². The van der Waals surface area contributed by atoms with Crippen LogP contribution in [0, 0.1) is 0 Å². The van der Waals surface area contributed by atoms with Crippen molar-refractivity contribution >= 4 is 17.3 Å². The van der Waals surface area contributed by atoms with Gasteiger partial charge in [0.2, 0.25) is 0 Å². The van der Waals surface area contributed by atoms with Crippen molar-refractivity contribution in [1.82, 2.24) is 9.78 Å². The highest BCUT2D eigenvalue weighted by molar-refractivity contribution is 6.30. The minimum atomic E-state index is 0.670. The molecule has 0 aliphatic carbocycles. The Morgan fingerprint density at radius 1 is 1.00 bits per heavy atom. The van der Waals surface area contributed by atoms with E-state index >= 15 is 0 Å². The molecule has 3 nitrogen and oxygen atoms in total. The largest absolute Gasteiger partial charge is 0.396 e. The van der Waals surface area contributed by atoms with Crippen LogP contribution in [0.3, 0.4) is 0 Å². The summed E-state index contributed by atoms with van der Waals surface area (Å²) in [5.41, 5.74) is 9.67.